The number of hydrogen-bond acceptors (Lipinski definition) is 6. The molecular weight excluding hydrogens is 450 g/mol. The number of carbonyl (C=O) groups is 1. The van der Waals surface area contributed by atoms with E-state index in [1.165, 1.54) is 12.3 Å². The van der Waals surface area contributed by atoms with Crippen LogP contribution in [0.25, 0.3) is 11.3 Å². The van der Waals surface area contributed by atoms with Gasteiger partial charge in [0.25, 0.3) is 0 Å². The van der Waals surface area contributed by atoms with Crippen LogP contribution in [0.4, 0.5) is 0 Å². The van der Waals surface area contributed by atoms with Crippen molar-refractivity contribution in [3.63, 3.8) is 0 Å². The summed E-state index contributed by atoms with van der Waals surface area (Å²) in [6.45, 7) is 4.86. The molecule has 0 bridgehead atoms. The number of carboxylic acids is 1. The third-order valence-corrected chi connectivity index (χ3v) is 6.62. The van der Waals surface area contributed by atoms with Gasteiger partial charge < -0.3 is 28.6 Å². The average molecular weight is 478 g/mol. The lowest BCUT2D eigenvalue weighted by Crippen LogP contribution is -2.28. The molecule has 182 valence electrons. The number of aromatic nitrogens is 1. The maximum Gasteiger partial charge on any atom is 0.341 e. The Balaban J connectivity index is 1.45. The normalized spacial score (nSPS) is 15.5. The summed E-state index contributed by atoms with van der Waals surface area (Å²) in [6.07, 6.45) is 2.84. The van der Waals surface area contributed by atoms with Crippen LogP contribution in [-0.2, 0) is 12.8 Å². The van der Waals surface area contributed by atoms with E-state index in [1.807, 2.05) is 34.9 Å². The third kappa shape index (κ3) is 4.20. The third-order valence-electron chi connectivity index (χ3n) is 6.62. The zero-order valence-electron chi connectivity index (χ0n) is 19.9. The molecule has 1 aromatic heterocycles. The molecule has 2 aliphatic heterocycles. The van der Waals surface area contributed by atoms with Crippen LogP contribution in [0, 0.1) is 5.92 Å². The largest absolute Gasteiger partial charge is 0.493 e. The summed E-state index contributed by atoms with van der Waals surface area (Å²) < 4.78 is 24.5. The van der Waals surface area contributed by atoms with Gasteiger partial charge in [0.05, 0.1) is 19.4 Å². The second kappa shape index (κ2) is 9.02. The Labute approximate surface area is 202 Å². The van der Waals surface area contributed by atoms with Gasteiger partial charge in [-0.1, -0.05) is 19.9 Å². The van der Waals surface area contributed by atoms with E-state index in [-0.39, 0.29) is 24.3 Å². The molecule has 2 aromatic carbocycles. The molecule has 0 spiro atoms. The summed E-state index contributed by atoms with van der Waals surface area (Å²) in [5.41, 5.74) is 2.90. The smallest absolute Gasteiger partial charge is 0.341 e. The SMILES string of the molecule is COc1cc2c(cc1OCCc1ccc3c(c1)OCO3)CC(C(C)C)n1cc(C(=O)O)c(=O)cc1-2. The van der Waals surface area contributed by atoms with Gasteiger partial charge in [0.2, 0.25) is 6.79 Å². The van der Waals surface area contributed by atoms with Gasteiger partial charge >= 0.3 is 5.97 Å². The number of rotatable bonds is 7. The zero-order chi connectivity index (χ0) is 24.7. The Hall–Kier alpha value is -3.94. The first-order chi connectivity index (χ1) is 16.9. The summed E-state index contributed by atoms with van der Waals surface area (Å²) in [4.78, 5) is 24.1. The second-order valence-electron chi connectivity index (χ2n) is 9.11. The van der Waals surface area contributed by atoms with E-state index >= 15 is 0 Å². The number of hydrogen-bond donors (Lipinski definition) is 1. The van der Waals surface area contributed by atoms with E-state index in [4.69, 9.17) is 18.9 Å². The molecule has 5 rings (SSSR count). The summed E-state index contributed by atoms with van der Waals surface area (Å²) in [7, 11) is 1.58. The molecule has 0 saturated heterocycles. The van der Waals surface area contributed by atoms with E-state index in [1.54, 1.807) is 7.11 Å². The van der Waals surface area contributed by atoms with Crippen LogP contribution in [-0.4, -0.2) is 36.2 Å². The second-order valence-corrected chi connectivity index (χ2v) is 9.11. The number of nitrogens with zero attached hydrogens (tertiary/aromatic N) is 1. The van der Waals surface area contributed by atoms with Crippen molar-refractivity contribution in [2.45, 2.75) is 32.7 Å². The molecule has 3 heterocycles. The van der Waals surface area contributed by atoms with Crippen molar-refractivity contribution in [3.8, 4) is 34.3 Å². The molecule has 8 heteroatoms. The van der Waals surface area contributed by atoms with Gasteiger partial charge in [-0.15, -0.1) is 0 Å². The van der Waals surface area contributed by atoms with Crippen molar-refractivity contribution in [2.75, 3.05) is 20.5 Å². The monoisotopic (exact) mass is 477 g/mol. The molecule has 3 aromatic rings. The molecule has 0 fully saturated rings. The number of methoxy groups -OCH3 is 1. The molecule has 2 aliphatic rings. The topological polar surface area (TPSA) is 96.2 Å². The minimum atomic E-state index is -1.22. The van der Waals surface area contributed by atoms with Gasteiger partial charge in [-0.05, 0) is 47.7 Å². The fourth-order valence-corrected chi connectivity index (χ4v) is 4.74. The van der Waals surface area contributed by atoms with Crippen molar-refractivity contribution in [1.29, 1.82) is 0 Å². The molecule has 0 amide bonds. The molecule has 0 saturated carbocycles. The van der Waals surface area contributed by atoms with E-state index < -0.39 is 11.4 Å². The first kappa shape index (κ1) is 22.8. The van der Waals surface area contributed by atoms with Crippen LogP contribution < -0.4 is 24.4 Å². The molecule has 0 radical (unpaired) electrons. The number of aromatic carboxylic acids is 1. The zero-order valence-corrected chi connectivity index (χ0v) is 19.9. The quantitative estimate of drug-likeness (QED) is 0.541. The Kier molecular flexibility index (Phi) is 5.88. The predicted octanol–water partition coefficient (Wildman–Crippen LogP) is 4.33. The van der Waals surface area contributed by atoms with Crippen LogP contribution in [0.3, 0.4) is 0 Å². The van der Waals surface area contributed by atoms with Gasteiger partial charge in [0, 0.05) is 30.3 Å². The van der Waals surface area contributed by atoms with Crippen molar-refractivity contribution in [2.24, 2.45) is 5.92 Å². The van der Waals surface area contributed by atoms with Crippen molar-refractivity contribution >= 4 is 5.97 Å². The Morgan fingerprint density at radius 2 is 1.94 bits per heavy atom. The fraction of sp³-hybridized carbons (Fsp3) is 0.333. The minimum Gasteiger partial charge on any atom is -0.493 e. The Bertz CT molecular complexity index is 1360. The number of fused-ring (bicyclic) bond motifs is 4. The summed E-state index contributed by atoms with van der Waals surface area (Å²) in [5.74, 6) is 1.69. The van der Waals surface area contributed by atoms with Crippen LogP contribution in [0.15, 0.2) is 47.4 Å². The average Bonchev–Trinajstić information content (AvgIpc) is 3.30. The summed E-state index contributed by atoms with van der Waals surface area (Å²) in [6, 6.07) is 11.1. The van der Waals surface area contributed by atoms with Gasteiger partial charge in [-0.25, -0.2) is 4.79 Å². The molecule has 1 atom stereocenters. The number of ether oxygens (including phenoxy) is 4. The molecule has 8 nitrogen and oxygen atoms in total. The van der Waals surface area contributed by atoms with E-state index in [2.05, 4.69) is 13.8 Å². The molecule has 1 N–H and O–H groups in total. The first-order valence-electron chi connectivity index (χ1n) is 11.6. The van der Waals surface area contributed by atoms with Crippen LogP contribution in [0.5, 0.6) is 23.0 Å². The highest BCUT2D eigenvalue weighted by Gasteiger charge is 2.29. The van der Waals surface area contributed by atoms with E-state index in [0.29, 0.717) is 36.6 Å². The molecule has 1 unspecified atom stereocenters. The highest BCUT2D eigenvalue weighted by atomic mass is 16.7. The van der Waals surface area contributed by atoms with Crippen molar-refractivity contribution in [1.82, 2.24) is 4.57 Å². The Morgan fingerprint density at radius 3 is 2.69 bits per heavy atom. The highest BCUT2D eigenvalue weighted by Crippen LogP contribution is 2.42. The molecule has 0 aliphatic carbocycles. The summed E-state index contributed by atoms with van der Waals surface area (Å²) >= 11 is 0. The standard InChI is InChI=1S/C27H27NO7/c1-15(2)20-9-17-10-26(33-7-6-16-4-5-23-25(8-16)35-14-34-23)24(32-3)11-18(17)21-12-22(29)19(27(30)31)13-28(20)21/h4-5,8,10-13,15,20H,6-7,9,14H2,1-3H3,(H,30,31). The predicted molar refractivity (Wildman–Crippen MR) is 129 cm³/mol. The number of carboxylic acid groups (broad SMARTS) is 1. The molecular formula is C27H27NO7. The number of pyridine rings is 1. The van der Waals surface area contributed by atoms with E-state index in [9.17, 15) is 14.7 Å². The van der Waals surface area contributed by atoms with Gasteiger partial charge in [-0.3, -0.25) is 4.79 Å². The van der Waals surface area contributed by atoms with Gasteiger partial charge in [-0.2, -0.15) is 0 Å². The summed E-state index contributed by atoms with van der Waals surface area (Å²) in [5, 5.41) is 9.45. The van der Waals surface area contributed by atoms with Gasteiger partial charge in [0.1, 0.15) is 5.56 Å². The first-order valence-corrected chi connectivity index (χ1v) is 11.6. The van der Waals surface area contributed by atoms with Crippen molar-refractivity contribution in [3.05, 3.63) is 69.5 Å². The van der Waals surface area contributed by atoms with Gasteiger partial charge in [0.15, 0.2) is 28.4 Å². The Morgan fingerprint density at radius 1 is 1.14 bits per heavy atom. The van der Waals surface area contributed by atoms with Crippen molar-refractivity contribution < 1.29 is 28.8 Å². The minimum absolute atomic E-state index is 0.00563. The fourth-order valence-electron chi connectivity index (χ4n) is 4.74. The number of benzene rings is 2. The van der Waals surface area contributed by atoms with Crippen LogP contribution in [0.1, 0.15) is 41.4 Å². The lowest BCUT2D eigenvalue weighted by molar-refractivity contribution is 0.0694. The highest BCUT2D eigenvalue weighted by molar-refractivity contribution is 5.88. The maximum atomic E-state index is 12.5. The lowest BCUT2D eigenvalue weighted by Gasteiger charge is -2.33. The lowest BCUT2D eigenvalue weighted by atomic mass is 9.87. The molecule has 35 heavy (non-hydrogen) atoms. The van der Waals surface area contributed by atoms with Crippen LogP contribution in [0.2, 0.25) is 0 Å². The van der Waals surface area contributed by atoms with E-state index in [0.717, 1.165) is 28.2 Å². The van der Waals surface area contributed by atoms with Crippen LogP contribution >= 0.6 is 0 Å². The maximum absolute atomic E-state index is 12.5.